The third-order valence-corrected chi connectivity index (χ3v) is 5.50. The summed E-state index contributed by atoms with van der Waals surface area (Å²) in [6.45, 7) is 6.16. The number of rotatable bonds is 5. The van der Waals surface area contributed by atoms with Gasteiger partial charge in [0.1, 0.15) is 0 Å². The van der Waals surface area contributed by atoms with Crippen LogP contribution in [0.3, 0.4) is 0 Å². The van der Waals surface area contributed by atoms with E-state index in [9.17, 15) is 14.7 Å². The summed E-state index contributed by atoms with van der Waals surface area (Å²) in [5.74, 6) is -1.29. The number of anilines is 1. The van der Waals surface area contributed by atoms with E-state index in [0.29, 0.717) is 5.69 Å². The second kappa shape index (κ2) is 8.76. The summed E-state index contributed by atoms with van der Waals surface area (Å²) < 4.78 is 0.894. The number of hydrogen-bond donors (Lipinski definition) is 2. The highest BCUT2D eigenvalue weighted by Crippen LogP contribution is 2.27. The highest BCUT2D eigenvalue weighted by molar-refractivity contribution is 9.10. The lowest BCUT2D eigenvalue weighted by molar-refractivity contribution is -0.149. The number of benzene rings is 2. The fraction of sp³-hybridized carbons (Fsp3) is 0.217. The van der Waals surface area contributed by atoms with Gasteiger partial charge in [-0.25, -0.2) is 0 Å². The highest BCUT2D eigenvalue weighted by atomic mass is 79.9. The SMILES string of the molecule is C=C/C=c1/cc(N2CCC(O)(C(=O)NCc3cccc(Br)c3)C2=O)cc/c1=C/C. The minimum atomic E-state index is -2.07. The zero-order valence-corrected chi connectivity index (χ0v) is 17.8. The van der Waals surface area contributed by atoms with Crippen LogP contribution in [0.5, 0.6) is 0 Å². The van der Waals surface area contributed by atoms with E-state index < -0.39 is 17.4 Å². The van der Waals surface area contributed by atoms with E-state index in [1.54, 1.807) is 6.08 Å². The molecule has 0 spiro atoms. The standard InChI is InChI=1S/C23H23BrN2O3/c1-3-6-18-14-20(10-9-17(18)4-2)26-12-11-23(29,22(26)28)21(27)25-15-16-7-5-8-19(24)13-16/h3-10,13-14,29H,1,11-12,15H2,2H3,(H,25,27)/b17-4-,18-6-. The lowest BCUT2D eigenvalue weighted by atomic mass is 10.0. The number of aliphatic hydroxyl groups is 1. The van der Waals surface area contributed by atoms with Gasteiger partial charge in [-0.05, 0) is 47.2 Å². The average molecular weight is 455 g/mol. The van der Waals surface area contributed by atoms with Crippen molar-refractivity contribution in [2.75, 3.05) is 11.4 Å². The van der Waals surface area contributed by atoms with Crippen molar-refractivity contribution in [3.8, 4) is 0 Å². The molecule has 3 rings (SSSR count). The number of halogens is 1. The number of carbonyl (C=O) groups excluding carboxylic acids is 2. The van der Waals surface area contributed by atoms with Crippen molar-refractivity contribution >= 4 is 45.6 Å². The van der Waals surface area contributed by atoms with Crippen molar-refractivity contribution in [2.24, 2.45) is 0 Å². The van der Waals surface area contributed by atoms with Crippen LogP contribution in [0.15, 0.2) is 59.6 Å². The van der Waals surface area contributed by atoms with Gasteiger partial charge in [0.15, 0.2) is 0 Å². The predicted octanol–water partition coefficient (Wildman–Crippen LogP) is 2.00. The normalized spacial score (nSPS) is 20.2. The minimum Gasteiger partial charge on any atom is -0.372 e. The molecular weight excluding hydrogens is 432 g/mol. The van der Waals surface area contributed by atoms with Crippen molar-refractivity contribution < 1.29 is 14.7 Å². The Bertz CT molecular complexity index is 1080. The monoisotopic (exact) mass is 454 g/mol. The molecule has 29 heavy (non-hydrogen) atoms. The second-order valence-corrected chi connectivity index (χ2v) is 7.80. The largest absolute Gasteiger partial charge is 0.372 e. The van der Waals surface area contributed by atoms with Crippen LogP contribution in [0.4, 0.5) is 5.69 Å². The molecule has 0 saturated carbocycles. The van der Waals surface area contributed by atoms with E-state index in [-0.39, 0.29) is 19.5 Å². The molecule has 1 aliphatic rings. The maximum absolute atomic E-state index is 12.9. The van der Waals surface area contributed by atoms with E-state index in [1.807, 2.05) is 61.5 Å². The molecule has 0 aliphatic carbocycles. The Balaban J connectivity index is 1.79. The first-order valence-corrected chi connectivity index (χ1v) is 10.1. The first kappa shape index (κ1) is 21.0. The van der Waals surface area contributed by atoms with Crippen LogP contribution >= 0.6 is 15.9 Å². The Morgan fingerprint density at radius 3 is 2.79 bits per heavy atom. The van der Waals surface area contributed by atoms with E-state index in [1.165, 1.54) is 4.90 Å². The fourth-order valence-electron chi connectivity index (χ4n) is 3.40. The topological polar surface area (TPSA) is 69.6 Å². The van der Waals surface area contributed by atoms with Crippen molar-refractivity contribution in [2.45, 2.75) is 25.5 Å². The molecule has 150 valence electrons. The smallest absolute Gasteiger partial charge is 0.268 e. The number of allylic oxidation sites excluding steroid dienone is 1. The molecule has 6 heteroatoms. The lowest BCUT2D eigenvalue weighted by Gasteiger charge is -2.22. The van der Waals surface area contributed by atoms with Gasteiger partial charge in [-0.1, -0.05) is 58.9 Å². The third-order valence-electron chi connectivity index (χ3n) is 5.00. The van der Waals surface area contributed by atoms with Crippen LogP contribution in [0.1, 0.15) is 18.9 Å². The molecule has 5 nitrogen and oxygen atoms in total. The van der Waals surface area contributed by atoms with Gasteiger partial charge in [0.2, 0.25) is 5.60 Å². The van der Waals surface area contributed by atoms with E-state index in [0.717, 1.165) is 20.5 Å². The molecule has 1 unspecified atom stereocenters. The molecule has 0 aromatic heterocycles. The molecule has 1 saturated heterocycles. The molecule has 1 heterocycles. The Morgan fingerprint density at radius 1 is 1.31 bits per heavy atom. The van der Waals surface area contributed by atoms with Crippen LogP contribution < -0.4 is 20.7 Å². The van der Waals surface area contributed by atoms with Crippen LogP contribution in [0.25, 0.3) is 12.2 Å². The maximum Gasteiger partial charge on any atom is 0.268 e. The first-order valence-electron chi connectivity index (χ1n) is 9.35. The van der Waals surface area contributed by atoms with E-state index in [2.05, 4.69) is 27.8 Å². The zero-order valence-electron chi connectivity index (χ0n) is 16.2. The van der Waals surface area contributed by atoms with Crippen LogP contribution in [0, 0.1) is 0 Å². The molecule has 2 N–H and O–H groups in total. The number of nitrogens with zero attached hydrogens (tertiary/aromatic N) is 1. The summed E-state index contributed by atoms with van der Waals surface area (Å²) in [5.41, 5.74) is -0.553. The van der Waals surface area contributed by atoms with Crippen LogP contribution in [0.2, 0.25) is 0 Å². The molecule has 1 atom stereocenters. The quantitative estimate of drug-likeness (QED) is 0.678. The number of amides is 2. The van der Waals surface area contributed by atoms with E-state index in [4.69, 9.17) is 0 Å². The predicted molar refractivity (Wildman–Crippen MR) is 118 cm³/mol. The summed E-state index contributed by atoms with van der Waals surface area (Å²) in [6, 6.07) is 13.1. The summed E-state index contributed by atoms with van der Waals surface area (Å²) in [5, 5.41) is 15.4. The average Bonchev–Trinajstić information content (AvgIpc) is 3.02. The Morgan fingerprint density at radius 2 is 2.10 bits per heavy atom. The summed E-state index contributed by atoms with van der Waals surface area (Å²) in [4.78, 5) is 27.0. The molecule has 0 bridgehead atoms. The maximum atomic E-state index is 12.9. The Kier molecular flexibility index (Phi) is 6.35. The number of carbonyl (C=O) groups is 2. The lowest BCUT2D eigenvalue weighted by Crippen LogP contribution is -2.52. The van der Waals surface area contributed by atoms with Gasteiger partial charge in [-0.2, -0.15) is 0 Å². The summed E-state index contributed by atoms with van der Waals surface area (Å²) in [7, 11) is 0. The molecule has 2 aromatic rings. The number of hydrogen-bond acceptors (Lipinski definition) is 3. The molecule has 0 radical (unpaired) electrons. The van der Waals surface area contributed by atoms with Crippen molar-refractivity contribution in [1.29, 1.82) is 0 Å². The molecule has 1 fully saturated rings. The summed E-state index contributed by atoms with van der Waals surface area (Å²) >= 11 is 3.38. The van der Waals surface area contributed by atoms with Gasteiger partial charge in [0.25, 0.3) is 11.8 Å². The van der Waals surface area contributed by atoms with Gasteiger partial charge in [-0.3, -0.25) is 9.59 Å². The van der Waals surface area contributed by atoms with Gasteiger partial charge in [-0.15, -0.1) is 0 Å². The molecular formula is C23H23BrN2O3. The zero-order chi connectivity index (χ0) is 21.0. The van der Waals surface area contributed by atoms with Crippen LogP contribution in [-0.4, -0.2) is 29.1 Å². The summed E-state index contributed by atoms with van der Waals surface area (Å²) in [6.07, 6.45) is 5.55. The van der Waals surface area contributed by atoms with Gasteiger partial charge in [0.05, 0.1) is 0 Å². The highest BCUT2D eigenvalue weighted by Gasteiger charge is 2.51. The third kappa shape index (κ3) is 4.33. The minimum absolute atomic E-state index is 0.0400. The Labute approximate surface area is 178 Å². The molecule has 2 amide bonds. The van der Waals surface area contributed by atoms with Gasteiger partial charge >= 0.3 is 0 Å². The van der Waals surface area contributed by atoms with Gasteiger partial charge < -0.3 is 15.3 Å². The molecule has 1 aliphatic heterocycles. The van der Waals surface area contributed by atoms with Gasteiger partial charge in [0, 0.05) is 29.7 Å². The molecule has 2 aromatic carbocycles. The first-order chi connectivity index (χ1) is 13.9. The van der Waals surface area contributed by atoms with Crippen molar-refractivity contribution in [3.05, 3.63) is 75.6 Å². The van der Waals surface area contributed by atoms with Crippen LogP contribution in [-0.2, 0) is 16.1 Å². The fourth-order valence-corrected chi connectivity index (χ4v) is 3.85. The Hall–Kier alpha value is -2.70. The number of nitrogens with one attached hydrogen (secondary N) is 1. The van der Waals surface area contributed by atoms with E-state index >= 15 is 0 Å². The van der Waals surface area contributed by atoms with Crippen molar-refractivity contribution in [1.82, 2.24) is 5.32 Å². The second-order valence-electron chi connectivity index (χ2n) is 6.88. The van der Waals surface area contributed by atoms with Crippen molar-refractivity contribution in [3.63, 3.8) is 0 Å².